The standard InChI is InChI=1S/C17H17Cl3N6/c18-12-5-15(19)14(16(20)6-12)8-25-9-23-17(26(22)10-25)24-13-3-1-11(7-21)2-4-13/h1-6,17,23-24H,8-10,22H2. The summed E-state index contributed by atoms with van der Waals surface area (Å²) in [6.45, 7) is 1.65. The second kappa shape index (κ2) is 8.42. The first-order chi connectivity index (χ1) is 12.5. The van der Waals surface area contributed by atoms with E-state index in [2.05, 4.69) is 21.6 Å². The quantitative estimate of drug-likeness (QED) is 0.669. The van der Waals surface area contributed by atoms with Crippen LogP contribution >= 0.6 is 34.8 Å². The van der Waals surface area contributed by atoms with E-state index in [1.807, 2.05) is 12.1 Å². The molecule has 0 spiro atoms. The third-order valence-corrected chi connectivity index (χ3v) is 4.90. The average Bonchev–Trinajstić information content (AvgIpc) is 2.61. The van der Waals surface area contributed by atoms with Crippen molar-refractivity contribution in [2.45, 2.75) is 12.8 Å². The fraction of sp³-hybridized carbons (Fsp3) is 0.235. The topological polar surface area (TPSA) is 80.4 Å². The van der Waals surface area contributed by atoms with Gasteiger partial charge in [-0.1, -0.05) is 34.8 Å². The van der Waals surface area contributed by atoms with Crippen LogP contribution in [0, 0.1) is 11.3 Å². The molecule has 1 heterocycles. The normalized spacial score (nSPS) is 18.5. The van der Waals surface area contributed by atoms with Crippen molar-refractivity contribution in [3.8, 4) is 6.07 Å². The highest BCUT2D eigenvalue weighted by molar-refractivity contribution is 6.39. The van der Waals surface area contributed by atoms with Gasteiger partial charge in [0, 0.05) is 32.9 Å². The second-order valence-electron chi connectivity index (χ2n) is 5.93. The molecule has 136 valence electrons. The molecule has 3 rings (SSSR count). The minimum absolute atomic E-state index is 0.240. The molecule has 9 heteroatoms. The maximum absolute atomic E-state index is 8.85. The van der Waals surface area contributed by atoms with E-state index in [-0.39, 0.29) is 6.29 Å². The molecule has 1 unspecified atom stereocenters. The SMILES string of the molecule is N#Cc1ccc(NC2NCN(Cc3c(Cl)cc(Cl)cc3Cl)CN2N)cc1. The van der Waals surface area contributed by atoms with Crippen LogP contribution < -0.4 is 16.5 Å². The molecule has 0 amide bonds. The van der Waals surface area contributed by atoms with Crippen molar-refractivity contribution in [3.63, 3.8) is 0 Å². The number of nitrogens with zero attached hydrogens (tertiary/aromatic N) is 3. The van der Waals surface area contributed by atoms with Crippen molar-refractivity contribution in [1.29, 1.82) is 5.26 Å². The van der Waals surface area contributed by atoms with Gasteiger partial charge in [0.15, 0.2) is 0 Å². The van der Waals surface area contributed by atoms with Crippen molar-refractivity contribution in [2.24, 2.45) is 5.84 Å². The van der Waals surface area contributed by atoms with E-state index in [1.54, 1.807) is 29.3 Å². The molecule has 1 aliphatic heterocycles. The highest BCUT2D eigenvalue weighted by Crippen LogP contribution is 2.30. The molecule has 1 saturated heterocycles. The number of nitrogens with one attached hydrogen (secondary N) is 2. The smallest absolute Gasteiger partial charge is 0.149 e. The van der Waals surface area contributed by atoms with Gasteiger partial charge in [-0.05, 0) is 36.4 Å². The van der Waals surface area contributed by atoms with Gasteiger partial charge in [0.05, 0.1) is 25.0 Å². The fourth-order valence-corrected chi connectivity index (χ4v) is 3.62. The Hall–Kier alpha value is -1.56. The number of hydrogen-bond acceptors (Lipinski definition) is 6. The van der Waals surface area contributed by atoms with E-state index in [1.165, 1.54) is 0 Å². The molecule has 0 aromatic heterocycles. The van der Waals surface area contributed by atoms with Crippen molar-refractivity contribution >= 4 is 40.5 Å². The number of nitriles is 1. The molecule has 0 bridgehead atoms. The molecule has 1 aliphatic rings. The zero-order valence-corrected chi connectivity index (χ0v) is 16.0. The van der Waals surface area contributed by atoms with E-state index >= 15 is 0 Å². The summed E-state index contributed by atoms with van der Waals surface area (Å²) in [4.78, 5) is 2.07. The summed E-state index contributed by atoms with van der Waals surface area (Å²) in [6.07, 6.45) is -0.240. The van der Waals surface area contributed by atoms with Crippen LogP contribution in [0.3, 0.4) is 0 Å². The van der Waals surface area contributed by atoms with Crippen LogP contribution in [-0.4, -0.2) is 29.5 Å². The lowest BCUT2D eigenvalue weighted by Crippen LogP contribution is -2.64. The van der Waals surface area contributed by atoms with Crippen LogP contribution in [0.15, 0.2) is 36.4 Å². The maximum Gasteiger partial charge on any atom is 0.149 e. The number of benzene rings is 2. The molecule has 1 atom stereocenters. The zero-order chi connectivity index (χ0) is 18.7. The number of halogens is 3. The minimum Gasteiger partial charge on any atom is -0.356 e. The molecule has 0 saturated carbocycles. The highest BCUT2D eigenvalue weighted by atomic mass is 35.5. The third-order valence-electron chi connectivity index (χ3n) is 4.01. The first-order valence-corrected chi connectivity index (χ1v) is 8.97. The van der Waals surface area contributed by atoms with Crippen LogP contribution in [0.25, 0.3) is 0 Å². The van der Waals surface area contributed by atoms with Crippen molar-refractivity contribution in [1.82, 2.24) is 15.2 Å². The van der Waals surface area contributed by atoms with Gasteiger partial charge in [-0.3, -0.25) is 16.1 Å². The summed E-state index contributed by atoms with van der Waals surface area (Å²) < 4.78 is 0. The van der Waals surface area contributed by atoms with Gasteiger partial charge in [-0.15, -0.1) is 0 Å². The number of hydrazine groups is 1. The molecule has 26 heavy (non-hydrogen) atoms. The molecular formula is C17H17Cl3N6. The van der Waals surface area contributed by atoms with E-state index in [0.717, 1.165) is 11.3 Å². The summed E-state index contributed by atoms with van der Waals surface area (Å²) in [6, 6.07) is 12.6. The largest absolute Gasteiger partial charge is 0.356 e. The first kappa shape index (κ1) is 19.2. The average molecular weight is 412 g/mol. The highest BCUT2D eigenvalue weighted by Gasteiger charge is 2.25. The Kier molecular flexibility index (Phi) is 6.22. The van der Waals surface area contributed by atoms with Gasteiger partial charge in [0.2, 0.25) is 0 Å². The van der Waals surface area contributed by atoms with E-state index in [9.17, 15) is 0 Å². The predicted octanol–water partition coefficient (Wildman–Crippen LogP) is 3.41. The molecule has 2 aromatic rings. The van der Waals surface area contributed by atoms with Crippen LogP contribution in [0.2, 0.25) is 15.1 Å². The molecule has 2 aromatic carbocycles. The summed E-state index contributed by atoms with van der Waals surface area (Å²) in [5.74, 6) is 6.15. The number of hydrogen-bond donors (Lipinski definition) is 3. The number of anilines is 1. The Labute approximate surface area is 167 Å². The second-order valence-corrected chi connectivity index (χ2v) is 7.18. The van der Waals surface area contributed by atoms with Crippen LogP contribution in [-0.2, 0) is 6.54 Å². The monoisotopic (exact) mass is 410 g/mol. The molecule has 6 nitrogen and oxygen atoms in total. The van der Waals surface area contributed by atoms with Crippen LogP contribution in [0.1, 0.15) is 11.1 Å². The van der Waals surface area contributed by atoms with Crippen molar-refractivity contribution in [3.05, 3.63) is 62.6 Å². The van der Waals surface area contributed by atoms with Gasteiger partial charge in [-0.2, -0.15) is 10.3 Å². The fourth-order valence-electron chi connectivity index (χ4n) is 2.68. The van der Waals surface area contributed by atoms with E-state index in [4.69, 9.17) is 45.9 Å². The Morgan fingerprint density at radius 3 is 2.42 bits per heavy atom. The predicted molar refractivity (Wildman–Crippen MR) is 104 cm³/mol. The summed E-state index contributed by atoms with van der Waals surface area (Å²) in [5.41, 5.74) is 2.29. The molecule has 4 N–H and O–H groups in total. The molecule has 0 aliphatic carbocycles. The summed E-state index contributed by atoms with van der Waals surface area (Å²) in [5, 5.41) is 18.6. The third kappa shape index (κ3) is 4.58. The number of nitrogens with two attached hydrogens (primary N) is 1. The van der Waals surface area contributed by atoms with Gasteiger partial charge >= 0.3 is 0 Å². The van der Waals surface area contributed by atoms with Crippen LogP contribution in [0.5, 0.6) is 0 Å². The lowest BCUT2D eigenvalue weighted by Gasteiger charge is -2.40. The van der Waals surface area contributed by atoms with Crippen molar-refractivity contribution in [2.75, 3.05) is 18.7 Å². The van der Waals surface area contributed by atoms with Gasteiger partial charge < -0.3 is 5.32 Å². The first-order valence-electron chi connectivity index (χ1n) is 7.83. The Balaban J connectivity index is 1.60. The Morgan fingerprint density at radius 2 is 1.85 bits per heavy atom. The van der Waals surface area contributed by atoms with Crippen LogP contribution in [0.4, 0.5) is 5.69 Å². The van der Waals surface area contributed by atoms with Gasteiger partial charge in [0.25, 0.3) is 0 Å². The van der Waals surface area contributed by atoms with Crippen molar-refractivity contribution < 1.29 is 0 Å². The lowest BCUT2D eigenvalue weighted by molar-refractivity contribution is 0.0219. The Bertz CT molecular complexity index is 797. The number of rotatable bonds is 4. The lowest BCUT2D eigenvalue weighted by atomic mass is 10.2. The molecule has 0 radical (unpaired) electrons. The molecular weight excluding hydrogens is 395 g/mol. The van der Waals surface area contributed by atoms with E-state index in [0.29, 0.717) is 40.5 Å². The van der Waals surface area contributed by atoms with Gasteiger partial charge in [0.1, 0.15) is 6.29 Å². The van der Waals surface area contributed by atoms with E-state index < -0.39 is 0 Å². The summed E-state index contributed by atoms with van der Waals surface area (Å²) in [7, 11) is 0. The Morgan fingerprint density at radius 1 is 1.19 bits per heavy atom. The van der Waals surface area contributed by atoms with Gasteiger partial charge in [-0.25, -0.2) is 0 Å². The zero-order valence-electron chi connectivity index (χ0n) is 13.7. The summed E-state index contributed by atoms with van der Waals surface area (Å²) >= 11 is 18.5. The maximum atomic E-state index is 8.85. The molecule has 1 fully saturated rings. The minimum atomic E-state index is -0.240.